The molecule has 146 valence electrons. The molecular weight excluding hydrogens is 393 g/mol. The van der Waals surface area contributed by atoms with Crippen LogP contribution in [0.5, 0.6) is 0 Å². The van der Waals surface area contributed by atoms with E-state index in [0.717, 1.165) is 17.6 Å². The van der Waals surface area contributed by atoms with Crippen molar-refractivity contribution in [2.24, 2.45) is 5.92 Å². The molecule has 0 unspecified atom stereocenters. The van der Waals surface area contributed by atoms with Crippen LogP contribution in [-0.2, 0) is 6.42 Å². The van der Waals surface area contributed by atoms with Gasteiger partial charge in [0.2, 0.25) is 0 Å². The molecule has 0 atom stereocenters. The Bertz CT molecular complexity index is 999. The van der Waals surface area contributed by atoms with Crippen molar-refractivity contribution in [1.82, 2.24) is 0 Å². The van der Waals surface area contributed by atoms with E-state index in [9.17, 15) is 4.79 Å². The van der Waals surface area contributed by atoms with E-state index >= 15 is 0 Å². The molecule has 1 heterocycles. The number of amides is 1. The summed E-state index contributed by atoms with van der Waals surface area (Å²) in [5.41, 5.74) is 2.88. The predicted molar refractivity (Wildman–Crippen MR) is 116 cm³/mol. The second-order valence-electron chi connectivity index (χ2n) is 7.58. The second-order valence-corrected chi connectivity index (χ2v) is 8.39. The number of carbonyl (C=O) groups excluding carboxylic acids is 1. The Labute approximate surface area is 175 Å². The third kappa shape index (κ3) is 3.78. The molecule has 4 rings (SSSR count). The van der Waals surface area contributed by atoms with Gasteiger partial charge in [0.25, 0.3) is 5.91 Å². The summed E-state index contributed by atoms with van der Waals surface area (Å²) < 4.78 is 6.09. The van der Waals surface area contributed by atoms with Gasteiger partial charge in [0.05, 0.1) is 21.3 Å². The van der Waals surface area contributed by atoms with Gasteiger partial charge >= 0.3 is 0 Å². The van der Waals surface area contributed by atoms with E-state index in [1.165, 1.54) is 37.7 Å². The van der Waals surface area contributed by atoms with Crippen molar-refractivity contribution in [2.45, 2.75) is 45.4 Å². The molecule has 0 aliphatic heterocycles. The van der Waals surface area contributed by atoms with Crippen molar-refractivity contribution >= 4 is 45.8 Å². The van der Waals surface area contributed by atoms with Gasteiger partial charge in [0.15, 0.2) is 5.58 Å². The Balaban J connectivity index is 1.65. The topological polar surface area (TPSA) is 42.2 Å². The first-order valence-electron chi connectivity index (χ1n) is 9.81. The molecule has 0 bridgehead atoms. The van der Waals surface area contributed by atoms with Crippen molar-refractivity contribution in [3.63, 3.8) is 0 Å². The minimum Gasteiger partial charge on any atom is -0.459 e. The zero-order chi connectivity index (χ0) is 19.7. The third-order valence-electron chi connectivity index (χ3n) is 5.68. The normalized spacial score (nSPS) is 15.1. The Kier molecular flexibility index (Phi) is 5.65. The first-order valence-corrected chi connectivity index (χ1v) is 10.6. The smallest absolute Gasteiger partial charge is 0.258 e. The number of hydrogen-bond donors (Lipinski definition) is 1. The standard InChI is InChI=1S/C23H23Cl2NO2/c1-14-17(13-15-7-3-2-4-8-15)16-9-5-12-20(22(16)28-14)26-23(27)21-18(24)10-6-11-19(21)25/h5-6,9-12,15H,2-4,7-8,13H2,1H3,(H,26,27). The van der Waals surface area contributed by atoms with E-state index in [1.54, 1.807) is 18.2 Å². The summed E-state index contributed by atoms with van der Waals surface area (Å²) in [6.07, 6.45) is 7.59. The third-order valence-corrected chi connectivity index (χ3v) is 6.31. The van der Waals surface area contributed by atoms with Gasteiger partial charge in [0.1, 0.15) is 5.76 Å². The summed E-state index contributed by atoms with van der Waals surface area (Å²) in [5, 5.41) is 4.65. The lowest BCUT2D eigenvalue weighted by Gasteiger charge is -2.21. The fraction of sp³-hybridized carbons (Fsp3) is 0.348. The summed E-state index contributed by atoms with van der Waals surface area (Å²) >= 11 is 12.4. The van der Waals surface area contributed by atoms with Crippen LogP contribution in [0.1, 0.15) is 53.8 Å². The lowest BCUT2D eigenvalue weighted by molar-refractivity contribution is 0.102. The van der Waals surface area contributed by atoms with Gasteiger partial charge in [-0.15, -0.1) is 0 Å². The number of anilines is 1. The number of benzene rings is 2. The molecule has 1 aliphatic carbocycles. The molecule has 2 aromatic carbocycles. The van der Waals surface area contributed by atoms with Crippen LogP contribution in [0, 0.1) is 12.8 Å². The number of aryl methyl sites for hydroxylation is 1. The summed E-state index contributed by atoms with van der Waals surface area (Å²) in [6.45, 7) is 2.01. The first kappa shape index (κ1) is 19.4. The maximum absolute atomic E-state index is 12.8. The summed E-state index contributed by atoms with van der Waals surface area (Å²) in [4.78, 5) is 12.8. The summed E-state index contributed by atoms with van der Waals surface area (Å²) in [7, 11) is 0. The number of rotatable bonds is 4. The van der Waals surface area contributed by atoms with Crippen molar-refractivity contribution in [1.29, 1.82) is 0 Å². The van der Waals surface area contributed by atoms with E-state index in [1.807, 2.05) is 19.1 Å². The van der Waals surface area contributed by atoms with Crippen LogP contribution < -0.4 is 5.32 Å². The van der Waals surface area contributed by atoms with Gasteiger partial charge < -0.3 is 9.73 Å². The molecule has 3 nitrogen and oxygen atoms in total. The average Bonchev–Trinajstić information content (AvgIpc) is 2.99. The molecule has 0 radical (unpaired) electrons. The molecule has 1 saturated carbocycles. The fourth-order valence-electron chi connectivity index (χ4n) is 4.22. The summed E-state index contributed by atoms with van der Waals surface area (Å²) in [6, 6.07) is 10.9. The van der Waals surface area contributed by atoms with Gasteiger partial charge in [-0.1, -0.05) is 73.5 Å². The Hall–Kier alpha value is -1.97. The summed E-state index contributed by atoms with van der Waals surface area (Å²) in [5.74, 6) is 1.30. The van der Waals surface area contributed by atoms with Crippen molar-refractivity contribution < 1.29 is 9.21 Å². The number of halogens is 2. The number of nitrogens with one attached hydrogen (secondary N) is 1. The highest BCUT2D eigenvalue weighted by Gasteiger charge is 2.21. The van der Waals surface area contributed by atoms with Crippen LogP contribution >= 0.6 is 23.2 Å². The molecule has 1 amide bonds. The van der Waals surface area contributed by atoms with E-state index in [-0.39, 0.29) is 11.5 Å². The zero-order valence-electron chi connectivity index (χ0n) is 15.9. The van der Waals surface area contributed by atoms with E-state index in [0.29, 0.717) is 27.2 Å². The zero-order valence-corrected chi connectivity index (χ0v) is 17.4. The van der Waals surface area contributed by atoms with Crippen molar-refractivity contribution in [2.75, 3.05) is 5.32 Å². The maximum atomic E-state index is 12.8. The minimum atomic E-state index is -0.342. The van der Waals surface area contributed by atoms with E-state index < -0.39 is 0 Å². The molecule has 28 heavy (non-hydrogen) atoms. The fourth-order valence-corrected chi connectivity index (χ4v) is 4.79. The molecule has 0 saturated heterocycles. The molecule has 0 spiro atoms. The predicted octanol–water partition coefficient (Wildman–Crippen LogP) is 7.42. The molecule has 1 aliphatic rings. The molecular formula is C23H23Cl2NO2. The van der Waals surface area contributed by atoms with Gasteiger partial charge in [0, 0.05) is 10.9 Å². The van der Waals surface area contributed by atoms with E-state index in [4.69, 9.17) is 27.6 Å². The molecule has 1 aromatic heterocycles. The van der Waals surface area contributed by atoms with Crippen molar-refractivity contribution in [3.8, 4) is 0 Å². The first-order chi connectivity index (χ1) is 13.5. The number of carbonyl (C=O) groups is 1. The van der Waals surface area contributed by atoms with Crippen LogP contribution in [0.15, 0.2) is 40.8 Å². The van der Waals surface area contributed by atoms with Crippen LogP contribution in [0.3, 0.4) is 0 Å². The average molecular weight is 416 g/mol. The molecule has 1 fully saturated rings. The number of fused-ring (bicyclic) bond motifs is 1. The van der Waals surface area contributed by atoms with Gasteiger partial charge in [-0.2, -0.15) is 0 Å². The second kappa shape index (κ2) is 8.18. The van der Waals surface area contributed by atoms with Crippen LogP contribution in [0.2, 0.25) is 10.0 Å². The highest BCUT2D eigenvalue weighted by atomic mass is 35.5. The monoisotopic (exact) mass is 415 g/mol. The molecule has 1 N–H and O–H groups in total. The van der Waals surface area contributed by atoms with Crippen molar-refractivity contribution in [3.05, 3.63) is 63.3 Å². The number of furan rings is 1. The number of para-hydroxylation sites is 1. The quantitative estimate of drug-likeness (QED) is 0.481. The van der Waals surface area contributed by atoms with Gasteiger partial charge in [-0.05, 0) is 37.5 Å². The van der Waals surface area contributed by atoms with Crippen LogP contribution in [-0.4, -0.2) is 5.91 Å². The van der Waals surface area contributed by atoms with Gasteiger partial charge in [-0.25, -0.2) is 0 Å². The van der Waals surface area contributed by atoms with Crippen LogP contribution in [0.4, 0.5) is 5.69 Å². The highest BCUT2D eigenvalue weighted by molar-refractivity contribution is 6.40. The maximum Gasteiger partial charge on any atom is 0.258 e. The van der Waals surface area contributed by atoms with E-state index in [2.05, 4.69) is 11.4 Å². The molecule has 5 heteroatoms. The lowest BCUT2D eigenvalue weighted by Crippen LogP contribution is -2.13. The SMILES string of the molecule is Cc1oc2c(NC(=O)c3c(Cl)cccc3Cl)cccc2c1CC1CCCCC1. The van der Waals surface area contributed by atoms with Crippen LogP contribution in [0.25, 0.3) is 11.0 Å². The Morgan fingerprint density at radius 3 is 2.46 bits per heavy atom. The lowest BCUT2D eigenvalue weighted by atomic mass is 9.84. The largest absolute Gasteiger partial charge is 0.459 e. The Morgan fingerprint density at radius 1 is 1.07 bits per heavy atom. The minimum absolute atomic E-state index is 0.272. The van der Waals surface area contributed by atoms with Gasteiger partial charge in [-0.3, -0.25) is 4.79 Å². The molecule has 3 aromatic rings. The highest BCUT2D eigenvalue weighted by Crippen LogP contribution is 2.36. The number of hydrogen-bond acceptors (Lipinski definition) is 2. The Morgan fingerprint density at radius 2 is 1.75 bits per heavy atom.